The van der Waals surface area contributed by atoms with Crippen LogP contribution in [0, 0.1) is 6.92 Å². The van der Waals surface area contributed by atoms with E-state index in [1.807, 2.05) is 43.3 Å². The summed E-state index contributed by atoms with van der Waals surface area (Å²) < 4.78 is 7.22. The Morgan fingerprint density at radius 3 is 2.37 bits per heavy atom. The van der Waals surface area contributed by atoms with Gasteiger partial charge in [-0.05, 0) is 57.0 Å². The highest BCUT2D eigenvalue weighted by atomic mass is 79.9. The molecule has 98 valence electrons. The van der Waals surface area contributed by atoms with E-state index in [-0.39, 0.29) is 12.4 Å². The van der Waals surface area contributed by atoms with E-state index in [1.54, 1.807) is 6.07 Å². The normalized spacial score (nSPS) is 10.3. The predicted molar refractivity (Wildman–Crippen MR) is 82.8 cm³/mol. The summed E-state index contributed by atoms with van der Waals surface area (Å²) in [6.45, 7) is 1.98. The number of Topliss-reactive ketones (excluding diaryl/α,β-unsaturated/α-hetero) is 1. The summed E-state index contributed by atoms with van der Waals surface area (Å²) in [5.74, 6) is 0.606. The fraction of sp³-hybridized carbons (Fsp3) is 0.133. The van der Waals surface area contributed by atoms with Crippen LogP contribution in [0.1, 0.15) is 15.9 Å². The van der Waals surface area contributed by atoms with Crippen molar-refractivity contribution >= 4 is 37.6 Å². The van der Waals surface area contributed by atoms with E-state index in [9.17, 15) is 4.79 Å². The molecule has 0 atom stereocenters. The number of hydrogen-bond donors (Lipinski definition) is 0. The van der Waals surface area contributed by atoms with Crippen molar-refractivity contribution < 1.29 is 9.53 Å². The number of carbonyl (C=O) groups excluding carboxylic acids is 1. The van der Waals surface area contributed by atoms with E-state index in [2.05, 4.69) is 31.9 Å². The van der Waals surface area contributed by atoms with E-state index < -0.39 is 0 Å². The molecule has 0 saturated carbocycles. The predicted octanol–water partition coefficient (Wildman–Crippen LogP) is 4.78. The Morgan fingerprint density at radius 2 is 1.74 bits per heavy atom. The second-order valence-corrected chi connectivity index (χ2v) is 5.84. The first-order valence-corrected chi connectivity index (χ1v) is 7.33. The number of ketones is 1. The Balaban J connectivity index is 2.09. The number of benzene rings is 2. The minimum atomic E-state index is -0.0358. The van der Waals surface area contributed by atoms with E-state index >= 15 is 0 Å². The maximum Gasteiger partial charge on any atom is 0.200 e. The largest absolute Gasteiger partial charge is 0.483 e. The lowest BCUT2D eigenvalue weighted by Gasteiger charge is -2.09. The fourth-order valence-corrected chi connectivity index (χ4v) is 2.89. The van der Waals surface area contributed by atoms with Crippen molar-refractivity contribution in [1.82, 2.24) is 0 Å². The second kappa shape index (κ2) is 6.35. The number of hydrogen-bond acceptors (Lipinski definition) is 2. The molecule has 0 aliphatic rings. The fourth-order valence-electron chi connectivity index (χ4n) is 1.66. The van der Waals surface area contributed by atoms with Crippen LogP contribution < -0.4 is 4.74 Å². The molecular formula is C15H12Br2O2. The van der Waals surface area contributed by atoms with Gasteiger partial charge in [-0.25, -0.2) is 0 Å². The molecular weight excluding hydrogens is 372 g/mol. The molecule has 0 aliphatic heterocycles. The molecule has 0 spiro atoms. The molecule has 0 bridgehead atoms. The molecule has 0 saturated heterocycles. The highest BCUT2D eigenvalue weighted by Crippen LogP contribution is 2.32. The van der Waals surface area contributed by atoms with Crippen molar-refractivity contribution in [2.45, 2.75) is 6.92 Å². The zero-order chi connectivity index (χ0) is 13.8. The van der Waals surface area contributed by atoms with E-state index in [1.165, 1.54) is 0 Å². The van der Waals surface area contributed by atoms with Gasteiger partial charge in [0, 0.05) is 5.56 Å². The summed E-state index contributed by atoms with van der Waals surface area (Å²) in [5.41, 5.74) is 1.73. The number of aryl methyl sites for hydroxylation is 1. The third-order valence-corrected chi connectivity index (χ3v) is 3.86. The van der Waals surface area contributed by atoms with Crippen molar-refractivity contribution in [3.8, 4) is 5.75 Å². The average Bonchev–Trinajstić information content (AvgIpc) is 2.38. The van der Waals surface area contributed by atoms with Gasteiger partial charge < -0.3 is 4.74 Å². The minimum Gasteiger partial charge on any atom is -0.483 e. The first-order chi connectivity index (χ1) is 9.08. The van der Waals surface area contributed by atoms with Gasteiger partial charge in [0.1, 0.15) is 5.75 Å². The Hall–Kier alpha value is -1.13. The zero-order valence-corrected chi connectivity index (χ0v) is 13.5. The molecule has 0 heterocycles. The van der Waals surface area contributed by atoms with Crippen molar-refractivity contribution in [3.63, 3.8) is 0 Å². The Bertz CT molecular complexity index is 589. The molecule has 2 nitrogen and oxygen atoms in total. The quantitative estimate of drug-likeness (QED) is 0.710. The number of carbonyl (C=O) groups is 1. The number of rotatable bonds is 4. The minimum absolute atomic E-state index is 0.0185. The van der Waals surface area contributed by atoms with Crippen molar-refractivity contribution in [3.05, 3.63) is 62.5 Å². The molecule has 2 aromatic rings. The van der Waals surface area contributed by atoms with Crippen LogP contribution in [0.2, 0.25) is 0 Å². The lowest BCUT2D eigenvalue weighted by Crippen LogP contribution is -2.12. The first-order valence-electron chi connectivity index (χ1n) is 5.74. The summed E-state index contributed by atoms with van der Waals surface area (Å²) in [5, 5.41) is 0. The summed E-state index contributed by atoms with van der Waals surface area (Å²) in [4.78, 5) is 12.0. The Morgan fingerprint density at radius 1 is 1.11 bits per heavy atom. The van der Waals surface area contributed by atoms with Crippen molar-refractivity contribution in [2.75, 3.05) is 6.61 Å². The lowest BCUT2D eigenvalue weighted by molar-refractivity contribution is 0.0920. The topological polar surface area (TPSA) is 26.3 Å². The van der Waals surface area contributed by atoms with Crippen LogP contribution in [-0.2, 0) is 0 Å². The van der Waals surface area contributed by atoms with Gasteiger partial charge in [0.2, 0.25) is 0 Å². The molecule has 0 radical (unpaired) electrons. The van der Waals surface area contributed by atoms with Gasteiger partial charge in [-0.3, -0.25) is 4.79 Å². The van der Waals surface area contributed by atoms with Crippen LogP contribution in [0.4, 0.5) is 0 Å². The zero-order valence-electron chi connectivity index (χ0n) is 10.3. The highest BCUT2D eigenvalue weighted by molar-refractivity contribution is 9.11. The van der Waals surface area contributed by atoms with Crippen LogP contribution in [0.3, 0.4) is 0 Å². The molecule has 0 amide bonds. The third kappa shape index (κ3) is 3.67. The smallest absolute Gasteiger partial charge is 0.200 e. The van der Waals surface area contributed by atoms with Gasteiger partial charge in [-0.2, -0.15) is 0 Å². The average molecular weight is 384 g/mol. The number of halogens is 2. The van der Waals surface area contributed by atoms with Gasteiger partial charge in [-0.1, -0.05) is 29.8 Å². The van der Waals surface area contributed by atoms with Gasteiger partial charge in [0.05, 0.1) is 8.95 Å². The summed E-state index contributed by atoms with van der Waals surface area (Å²) >= 11 is 6.80. The van der Waals surface area contributed by atoms with Crippen LogP contribution in [0.25, 0.3) is 0 Å². The maximum atomic E-state index is 12.0. The molecule has 19 heavy (non-hydrogen) atoms. The van der Waals surface area contributed by atoms with Crippen molar-refractivity contribution in [2.24, 2.45) is 0 Å². The maximum absolute atomic E-state index is 12.0. The first kappa shape index (κ1) is 14.3. The summed E-state index contributed by atoms with van der Waals surface area (Å²) in [6, 6.07) is 13.1. The molecule has 0 N–H and O–H groups in total. The van der Waals surface area contributed by atoms with Crippen LogP contribution >= 0.6 is 31.9 Å². The Labute approximate surface area is 129 Å². The van der Waals surface area contributed by atoms with Crippen LogP contribution in [0.15, 0.2) is 51.4 Å². The molecule has 2 aromatic carbocycles. The van der Waals surface area contributed by atoms with Crippen LogP contribution in [0.5, 0.6) is 5.75 Å². The van der Waals surface area contributed by atoms with Crippen molar-refractivity contribution in [1.29, 1.82) is 0 Å². The molecule has 4 heteroatoms. The van der Waals surface area contributed by atoms with Gasteiger partial charge in [0.25, 0.3) is 0 Å². The monoisotopic (exact) mass is 382 g/mol. The number of para-hydroxylation sites is 1. The molecule has 0 unspecified atom stereocenters. The van der Waals surface area contributed by atoms with Crippen LogP contribution in [-0.4, -0.2) is 12.4 Å². The van der Waals surface area contributed by atoms with Gasteiger partial charge in [-0.15, -0.1) is 0 Å². The Kier molecular flexibility index (Phi) is 4.77. The highest BCUT2D eigenvalue weighted by Gasteiger charge is 2.10. The standard InChI is InChI=1S/C15H12Br2O2/c1-10-4-2-5-11(8-10)14(18)9-19-15-12(16)6-3-7-13(15)17/h2-8H,9H2,1H3. The SMILES string of the molecule is Cc1cccc(C(=O)COc2c(Br)cccc2Br)c1. The second-order valence-electron chi connectivity index (χ2n) is 4.13. The van der Waals surface area contributed by atoms with E-state index in [0.717, 1.165) is 14.5 Å². The number of ether oxygens (including phenoxy) is 1. The molecule has 0 aromatic heterocycles. The molecule has 0 aliphatic carbocycles. The molecule has 0 fully saturated rings. The third-order valence-electron chi connectivity index (χ3n) is 2.61. The summed E-state index contributed by atoms with van der Waals surface area (Å²) in [7, 11) is 0. The lowest BCUT2D eigenvalue weighted by atomic mass is 10.1. The van der Waals surface area contributed by atoms with E-state index in [4.69, 9.17) is 4.74 Å². The van der Waals surface area contributed by atoms with E-state index in [0.29, 0.717) is 11.3 Å². The summed E-state index contributed by atoms with van der Waals surface area (Å²) in [6.07, 6.45) is 0. The van der Waals surface area contributed by atoms with Gasteiger partial charge in [0.15, 0.2) is 12.4 Å². The van der Waals surface area contributed by atoms with Gasteiger partial charge >= 0.3 is 0 Å². The molecule has 2 rings (SSSR count).